The number of carbonyl (C=O) groups excluding carboxylic acids is 2. The number of hydrogen-bond acceptors (Lipinski definition) is 4. The molecule has 0 aromatic rings. The predicted octanol–water partition coefficient (Wildman–Crippen LogP) is 12.8. The third-order valence-corrected chi connectivity index (χ3v) is 9.33. The van der Waals surface area contributed by atoms with Crippen LogP contribution >= 0.6 is 0 Å². The van der Waals surface area contributed by atoms with Gasteiger partial charge in [-0.2, -0.15) is 5.06 Å². The maximum Gasteiger partial charge on any atom is 0.145 e. The first kappa shape index (κ1) is 43.3. The van der Waals surface area contributed by atoms with Crippen molar-refractivity contribution in [2.45, 2.75) is 219 Å². The lowest BCUT2D eigenvalue weighted by molar-refractivity contribution is -0.154. The predicted molar refractivity (Wildman–Crippen MR) is 192 cm³/mol. The van der Waals surface area contributed by atoms with Gasteiger partial charge in [0.15, 0.2) is 0 Å². The number of Topliss-reactive ketones (excluding diaryl/α,β-unsaturated/α-hetero) is 2. The normalized spacial score (nSPS) is 11.7. The van der Waals surface area contributed by atoms with Crippen LogP contribution in [0.2, 0.25) is 0 Å². The highest BCUT2D eigenvalue weighted by Gasteiger charge is 2.26. The smallest absolute Gasteiger partial charge is 0.145 e. The van der Waals surface area contributed by atoms with Crippen molar-refractivity contribution in [3.05, 3.63) is 0 Å². The number of ketones is 2. The van der Waals surface area contributed by atoms with Gasteiger partial charge in [-0.15, -0.1) is 0 Å². The van der Waals surface area contributed by atoms with Gasteiger partial charge in [0, 0.05) is 26.9 Å². The molecule has 0 aliphatic carbocycles. The van der Waals surface area contributed by atoms with Gasteiger partial charge in [0.1, 0.15) is 17.5 Å². The zero-order chi connectivity index (χ0) is 32.4. The summed E-state index contributed by atoms with van der Waals surface area (Å²) in [7, 11) is 3.63. The lowest BCUT2D eigenvalue weighted by Gasteiger charge is -2.18. The highest BCUT2D eigenvalue weighted by molar-refractivity contribution is 6.02. The zero-order valence-electron chi connectivity index (χ0n) is 30.6. The Bertz CT molecular complexity index is 559. The van der Waals surface area contributed by atoms with Gasteiger partial charge in [-0.25, -0.2) is 0 Å². The fourth-order valence-electron chi connectivity index (χ4n) is 6.28. The summed E-state index contributed by atoms with van der Waals surface area (Å²) >= 11 is 0. The molecule has 0 spiro atoms. The van der Waals surface area contributed by atoms with Crippen LogP contribution in [0, 0.1) is 5.92 Å². The van der Waals surface area contributed by atoms with Crippen LogP contribution in [-0.2, 0) is 14.4 Å². The number of unbranched alkanes of at least 4 members (excludes halogenated alkanes) is 28. The summed E-state index contributed by atoms with van der Waals surface area (Å²) < 4.78 is 0. The first-order chi connectivity index (χ1) is 21.5. The molecule has 0 rings (SSSR count). The fraction of sp³-hybridized carbons (Fsp3) is 0.950. The number of hydroxylamine groups is 2. The molecule has 0 aliphatic rings. The Labute approximate surface area is 276 Å². The second-order valence-electron chi connectivity index (χ2n) is 14.0. The number of rotatable bonds is 37. The second kappa shape index (κ2) is 35.1. The number of carbonyl (C=O) groups is 2. The van der Waals surface area contributed by atoms with Gasteiger partial charge in [0.05, 0.1) is 6.61 Å². The summed E-state index contributed by atoms with van der Waals surface area (Å²) in [6.07, 6.45) is 40.5. The summed E-state index contributed by atoms with van der Waals surface area (Å²) in [5.41, 5.74) is 0. The summed E-state index contributed by atoms with van der Waals surface area (Å²) in [4.78, 5) is 31.5. The van der Waals surface area contributed by atoms with Crippen LogP contribution in [0.3, 0.4) is 0 Å². The molecule has 44 heavy (non-hydrogen) atoms. The van der Waals surface area contributed by atoms with Gasteiger partial charge in [-0.05, 0) is 12.8 Å². The van der Waals surface area contributed by atoms with Crippen molar-refractivity contribution in [2.24, 2.45) is 5.92 Å². The molecule has 0 atom stereocenters. The van der Waals surface area contributed by atoms with Crippen LogP contribution in [0.5, 0.6) is 0 Å². The van der Waals surface area contributed by atoms with E-state index in [1.807, 2.05) is 14.1 Å². The minimum Gasteiger partial charge on any atom is -0.299 e. The van der Waals surface area contributed by atoms with Crippen LogP contribution in [-0.4, -0.2) is 37.3 Å². The van der Waals surface area contributed by atoms with Gasteiger partial charge in [-0.3, -0.25) is 14.4 Å². The lowest BCUT2D eigenvalue weighted by Crippen LogP contribution is -2.31. The third kappa shape index (κ3) is 31.3. The molecule has 0 heterocycles. The standard InChI is InChI=1S/C40H79NO3/c1-5-7-9-11-13-15-17-19-21-23-25-27-29-31-33-35-39(42)38(37-44-41(3)4)40(43)36-34-32-30-28-26-24-22-20-18-16-14-12-10-8-6-2/h38H,5-37H2,1-4H3. The quantitative estimate of drug-likeness (QED) is 0.0393. The van der Waals surface area contributed by atoms with E-state index in [0.717, 1.165) is 25.7 Å². The highest BCUT2D eigenvalue weighted by Crippen LogP contribution is 2.18. The van der Waals surface area contributed by atoms with E-state index < -0.39 is 5.92 Å². The van der Waals surface area contributed by atoms with Crippen molar-refractivity contribution in [1.29, 1.82) is 0 Å². The first-order valence-corrected chi connectivity index (χ1v) is 19.9. The van der Waals surface area contributed by atoms with Gasteiger partial charge in [-0.1, -0.05) is 194 Å². The average molecular weight is 622 g/mol. The topological polar surface area (TPSA) is 46.6 Å². The van der Waals surface area contributed by atoms with E-state index in [9.17, 15) is 9.59 Å². The third-order valence-electron chi connectivity index (χ3n) is 9.33. The van der Waals surface area contributed by atoms with Gasteiger partial charge < -0.3 is 0 Å². The molecule has 4 nitrogen and oxygen atoms in total. The SMILES string of the molecule is CCCCCCCCCCCCCCCCCC(=O)C(CON(C)C)C(=O)CCCCCCCCCCCCCCCCC. The molecule has 0 saturated carbocycles. The summed E-state index contributed by atoms with van der Waals surface area (Å²) in [5, 5.41) is 1.61. The lowest BCUT2D eigenvalue weighted by atomic mass is 9.92. The molecule has 262 valence electrons. The second-order valence-corrected chi connectivity index (χ2v) is 14.0. The van der Waals surface area contributed by atoms with Gasteiger partial charge in [0.25, 0.3) is 0 Å². The van der Waals surface area contributed by atoms with Crippen molar-refractivity contribution >= 4 is 11.6 Å². The Morgan fingerprint density at radius 1 is 0.409 bits per heavy atom. The van der Waals surface area contributed by atoms with E-state index in [4.69, 9.17) is 4.84 Å². The van der Waals surface area contributed by atoms with Crippen LogP contribution in [0.15, 0.2) is 0 Å². The highest BCUT2D eigenvalue weighted by atomic mass is 16.7. The molecular formula is C40H79NO3. The molecule has 0 radical (unpaired) electrons. The molecule has 0 saturated heterocycles. The van der Waals surface area contributed by atoms with Gasteiger partial charge in [0.2, 0.25) is 0 Å². The molecule has 0 N–H and O–H groups in total. The van der Waals surface area contributed by atoms with Crippen LogP contribution in [0.1, 0.15) is 219 Å². The molecule has 0 aromatic carbocycles. The maximum absolute atomic E-state index is 13.0. The largest absolute Gasteiger partial charge is 0.299 e. The fourth-order valence-corrected chi connectivity index (χ4v) is 6.28. The number of hydrogen-bond donors (Lipinski definition) is 0. The molecule has 0 bridgehead atoms. The van der Waals surface area contributed by atoms with E-state index in [1.54, 1.807) is 5.06 Å². The molecule has 4 heteroatoms. The van der Waals surface area contributed by atoms with E-state index >= 15 is 0 Å². The first-order valence-electron chi connectivity index (χ1n) is 19.9. The van der Waals surface area contributed by atoms with E-state index in [2.05, 4.69) is 13.8 Å². The summed E-state index contributed by atoms with van der Waals surface area (Å²) in [5.74, 6) is -0.407. The maximum atomic E-state index is 13.0. The van der Waals surface area contributed by atoms with Crippen LogP contribution < -0.4 is 0 Å². The van der Waals surface area contributed by atoms with E-state index in [1.165, 1.54) is 167 Å². The molecule has 0 amide bonds. The van der Waals surface area contributed by atoms with Gasteiger partial charge >= 0.3 is 0 Å². The van der Waals surface area contributed by atoms with Crippen molar-refractivity contribution in [1.82, 2.24) is 5.06 Å². The van der Waals surface area contributed by atoms with E-state index in [-0.39, 0.29) is 18.2 Å². The Kier molecular flexibility index (Phi) is 34.5. The minimum atomic E-state index is -0.587. The average Bonchev–Trinajstić information content (AvgIpc) is 3.01. The molecule has 0 aromatic heterocycles. The monoisotopic (exact) mass is 622 g/mol. The summed E-state index contributed by atoms with van der Waals surface area (Å²) in [6.45, 7) is 4.76. The molecule has 0 unspecified atom stereocenters. The Balaban J connectivity index is 3.83. The van der Waals surface area contributed by atoms with Crippen LogP contribution in [0.25, 0.3) is 0 Å². The van der Waals surface area contributed by atoms with Crippen molar-refractivity contribution in [3.63, 3.8) is 0 Å². The molecular weight excluding hydrogens is 542 g/mol. The minimum absolute atomic E-state index is 0.0903. The van der Waals surface area contributed by atoms with Crippen molar-refractivity contribution in [3.8, 4) is 0 Å². The van der Waals surface area contributed by atoms with E-state index in [0.29, 0.717) is 12.8 Å². The summed E-state index contributed by atoms with van der Waals surface area (Å²) in [6, 6.07) is 0. The Hall–Kier alpha value is -0.740. The Morgan fingerprint density at radius 3 is 0.864 bits per heavy atom. The van der Waals surface area contributed by atoms with Crippen molar-refractivity contribution in [2.75, 3.05) is 20.7 Å². The Morgan fingerprint density at radius 2 is 0.636 bits per heavy atom. The number of nitrogens with zero attached hydrogens (tertiary/aromatic N) is 1. The zero-order valence-corrected chi connectivity index (χ0v) is 30.6. The molecule has 0 aliphatic heterocycles. The van der Waals surface area contributed by atoms with Crippen LogP contribution in [0.4, 0.5) is 0 Å². The van der Waals surface area contributed by atoms with Crippen molar-refractivity contribution < 1.29 is 14.4 Å². The molecule has 0 fully saturated rings.